The third-order valence-electron chi connectivity index (χ3n) is 7.99. The van der Waals surface area contributed by atoms with Gasteiger partial charge in [0.15, 0.2) is 0 Å². The molecule has 0 spiro atoms. The average molecular weight is 355 g/mol. The molecule has 0 amide bonds. The molecule has 146 valence electrons. The van der Waals surface area contributed by atoms with Crippen molar-refractivity contribution in [2.45, 2.75) is 116 Å². The second kappa shape index (κ2) is 9.70. The smallest absolute Gasteiger partial charge is 0.131 e. The highest BCUT2D eigenvalue weighted by atomic mass is 19.2. The normalized spacial score (nSPS) is 43.1. The third kappa shape index (κ3) is 5.42. The molecule has 0 heterocycles. The predicted molar refractivity (Wildman–Crippen MR) is 102 cm³/mol. The van der Waals surface area contributed by atoms with Gasteiger partial charge in [-0.25, -0.2) is 8.78 Å². The zero-order chi connectivity index (χ0) is 17.6. The highest BCUT2D eigenvalue weighted by Gasteiger charge is 2.37. The molecular weight excluding hydrogens is 314 g/mol. The zero-order valence-corrected chi connectivity index (χ0v) is 16.4. The standard InChI is InChI=1S/C23H40F2/c1-2-3-4-5-17-6-8-18(9-7-17)19-10-12-20(13-11-19)21-14-15-22(24)23(25)16-21/h17-23H,2-16H2,1H3. The largest absolute Gasteiger partial charge is 0.244 e. The summed E-state index contributed by atoms with van der Waals surface area (Å²) in [5.41, 5.74) is 0. The molecule has 0 aromatic rings. The molecule has 0 nitrogen and oxygen atoms in total. The van der Waals surface area contributed by atoms with E-state index >= 15 is 0 Å². The van der Waals surface area contributed by atoms with E-state index in [2.05, 4.69) is 6.92 Å². The molecule has 3 rings (SSSR count). The first-order valence-electron chi connectivity index (χ1n) is 11.5. The highest BCUT2D eigenvalue weighted by molar-refractivity contribution is 4.88. The fraction of sp³-hybridized carbons (Fsp3) is 1.00. The lowest BCUT2D eigenvalue weighted by atomic mass is 9.65. The molecule has 2 heteroatoms. The molecule has 3 aliphatic carbocycles. The van der Waals surface area contributed by atoms with Crippen molar-refractivity contribution in [3.63, 3.8) is 0 Å². The summed E-state index contributed by atoms with van der Waals surface area (Å²) in [4.78, 5) is 0. The van der Waals surface area contributed by atoms with Crippen molar-refractivity contribution in [2.24, 2.45) is 29.6 Å². The first-order chi connectivity index (χ1) is 12.2. The maximum absolute atomic E-state index is 13.7. The fourth-order valence-electron chi connectivity index (χ4n) is 6.26. The second-order valence-electron chi connectivity index (χ2n) is 9.56. The van der Waals surface area contributed by atoms with Crippen LogP contribution in [-0.2, 0) is 0 Å². The lowest BCUT2D eigenvalue weighted by Crippen LogP contribution is -2.34. The van der Waals surface area contributed by atoms with Gasteiger partial charge in [-0.2, -0.15) is 0 Å². The summed E-state index contributed by atoms with van der Waals surface area (Å²) in [6, 6.07) is 0. The SMILES string of the molecule is CCCCCC1CCC(C2CCC(C3CCC(F)C(F)C3)CC2)CC1. The van der Waals surface area contributed by atoms with Crippen LogP contribution in [0.3, 0.4) is 0 Å². The number of rotatable bonds is 6. The van der Waals surface area contributed by atoms with Gasteiger partial charge in [-0.1, -0.05) is 45.4 Å². The summed E-state index contributed by atoms with van der Waals surface area (Å²) < 4.78 is 27.1. The van der Waals surface area contributed by atoms with E-state index in [0.717, 1.165) is 24.2 Å². The predicted octanol–water partition coefficient (Wildman–Crippen LogP) is 7.66. The summed E-state index contributed by atoms with van der Waals surface area (Å²) in [7, 11) is 0. The molecule has 0 N–H and O–H groups in total. The van der Waals surface area contributed by atoms with Crippen LogP contribution in [0.1, 0.15) is 103 Å². The molecular formula is C23H40F2. The fourth-order valence-corrected chi connectivity index (χ4v) is 6.26. The summed E-state index contributed by atoms with van der Waals surface area (Å²) in [6.07, 6.45) is 16.4. The van der Waals surface area contributed by atoms with Gasteiger partial charge in [0.1, 0.15) is 12.3 Å². The van der Waals surface area contributed by atoms with Gasteiger partial charge in [0.2, 0.25) is 0 Å². The zero-order valence-electron chi connectivity index (χ0n) is 16.4. The molecule has 3 aliphatic rings. The summed E-state index contributed by atoms with van der Waals surface area (Å²) in [6.45, 7) is 2.30. The first-order valence-corrected chi connectivity index (χ1v) is 11.5. The van der Waals surface area contributed by atoms with Gasteiger partial charge in [-0.05, 0) is 87.4 Å². The van der Waals surface area contributed by atoms with E-state index < -0.39 is 12.3 Å². The van der Waals surface area contributed by atoms with Crippen molar-refractivity contribution in [2.75, 3.05) is 0 Å². The summed E-state index contributed by atoms with van der Waals surface area (Å²) in [5, 5.41) is 0. The van der Waals surface area contributed by atoms with Crippen molar-refractivity contribution in [3.8, 4) is 0 Å². The number of hydrogen-bond acceptors (Lipinski definition) is 0. The van der Waals surface area contributed by atoms with Gasteiger partial charge in [-0.15, -0.1) is 0 Å². The van der Waals surface area contributed by atoms with E-state index in [1.54, 1.807) is 0 Å². The Balaban J connectivity index is 1.36. The van der Waals surface area contributed by atoms with Crippen molar-refractivity contribution < 1.29 is 8.78 Å². The van der Waals surface area contributed by atoms with Gasteiger partial charge in [-0.3, -0.25) is 0 Å². The Morgan fingerprint density at radius 3 is 1.68 bits per heavy atom. The molecule has 0 aromatic carbocycles. The van der Waals surface area contributed by atoms with Gasteiger partial charge in [0.05, 0.1) is 0 Å². The van der Waals surface area contributed by atoms with Gasteiger partial charge in [0, 0.05) is 0 Å². The summed E-state index contributed by atoms with van der Waals surface area (Å²) >= 11 is 0. The molecule has 0 aromatic heterocycles. The van der Waals surface area contributed by atoms with E-state index in [4.69, 9.17) is 0 Å². The topological polar surface area (TPSA) is 0 Å². The number of halogens is 2. The lowest BCUT2D eigenvalue weighted by Gasteiger charge is -2.41. The molecule has 25 heavy (non-hydrogen) atoms. The number of hydrogen-bond donors (Lipinski definition) is 0. The van der Waals surface area contributed by atoms with E-state index in [1.807, 2.05) is 0 Å². The molecule has 3 unspecified atom stereocenters. The Labute approximate surface area is 154 Å². The van der Waals surface area contributed by atoms with Crippen LogP contribution in [-0.4, -0.2) is 12.3 Å². The first kappa shape index (κ1) is 19.6. The maximum atomic E-state index is 13.7. The van der Waals surface area contributed by atoms with Crippen LogP contribution in [0.5, 0.6) is 0 Å². The second-order valence-corrected chi connectivity index (χ2v) is 9.56. The van der Waals surface area contributed by atoms with Crippen molar-refractivity contribution >= 4 is 0 Å². The Bertz CT molecular complexity index is 366. The molecule has 0 bridgehead atoms. The van der Waals surface area contributed by atoms with Crippen molar-refractivity contribution in [1.29, 1.82) is 0 Å². The summed E-state index contributed by atoms with van der Waals surface area (Å²) in [5.74, 6) is 4.08. The van der Waals surface area contributed by atoms with E-state index in [-0.39, 0.29) is 0 Å². The average Bonchev–Trinajstić information content (AvgIpc) is 2.65. The van der Waals surface area contributed by atoms with E-state index in [9.17, 15) is 8.78 Å². The molecule has 0 saturated heterocycles. The number of alkyl halides is 2. The Morgan fingerprint density at radius 1 is 0.600 bits per heavy atom. The highest BCUT2D eigenvalue weighted by Crippen LogP contribution is 2.46. The van der Waals surface area contributed by atoms with Crippen LogP contribution in [0.25, 0.3) is 0 Å². The Morgan fingerprint density at radius 2 is 1.12 bits per heavy atom. The quantitative estimate of drug-likeness (QED) is 0.429. The van der Waals surface area contributed by atoms with E-state index in [0.29, 0.717) is 24.7 Å². The van der Waals surface area contributed by atoms with Crippen LogP contribution in [0, 0.1) is 29.6 Å². The minimum atomic E-state index is -1.18. The van der Waals surface area contributed by atoms with Crippen LogP contribution >= 0.6 is 0 Å². The lowest BCUT2D eigenvalue weighted by molar-refractivity contribution is 0.0471. The minimum absolute atomic E-state index is 0.466. The maximum Gasteiger partial charge on any atom is 0.131 e. The molecule has 3 atom stereocenters. The van der Waals surface area contributed by atoms with Gasteiger partial charge in [0.25, 0.3) is 0 Å². The Kier molecular flexibility index (Phi) is 7.61. The van der Waals surface area contributed by atoms with Crippen molar-refractivity contribution in [3.05, 3.63) is 0 Å². The minimum Gasteiger partial charge on any atom is -0.244 e. The molecule has 0 aliphatic heterocycles. The van der Waals surface area contributed by atoms with Gasteiger partial charge < -0.3 is 0 Å². The van der Waals surface area contributed by atoms with Crippen LogP contribution in [0.15, 0.2) is 0 Å². The molecule has 0 radical (unpaired) electrons. The molecule has 3 fully saturated rings. The van der Waals surface area contributed by atoms with Crippen LogP contribution in [0.2, 0.25) is 0 Å². The van der Waals surface area contributed by atoms with Crippen LogP contribution < -0.4 is 0 Å². The van der Waals surface area contributed by atoms with E-state index in [1.165, 1.54) is 77.0 Å². The van der Waals surface area contributed by atoms with Crippen molar-refractivity contribution in [1.82, 2.24) is 0 Å². The Hall–Kier alpha value is -0.140. The van der Waals surface area contributed by atoms with Gasteiger partial charge >= 0.3 is 0 Å². The third-order valence-corrected chi connectivity index (χ3v) is 7.99. The number of unbranched alkanes of at least 4 members (excludes halogenated alkanes) is 2. The van der Waals surface area contributed by atoms with Crippen LogP contribution in [0.4, 0.5) is 8.78 Å². The monoisotopic (exact) mass is 354 g/mol. The molecule has 3 saturated carbocycles.